The van der Waals surface area contributed by atoms with Gasteiger partial charge in [-0.3, -0.25) is 0 Å². The average Bonchev–Trinajstić information content (AvgIpc) is 2.77. The van der Waals surface area contributed by atoms with Crippen molar-refractivity contribution in [1.29, 1.82) is 0 Å². The summed E-state index contributed by atoms with van der Waals surface area (Å²) in [6.07, 6.45) is 4.22. The number of halogens is 3. The van der Waals surface area contributed by atoms with Gasteiger partial charge in [0.2, 0.25) is 0 Å². The molecule has 3 aromatic rings. The molecule has 0 aliphatic carbocycles. The Morgan fingerprint density at radius 3 is 1.24 bits per heavy atom. The summed E-state index contributed by atoms with van der Waals surface area (Å²) < 4.78 is 37.8. The van der Waals surface area contributed by atoms with Crippen LogP contribution in [0.25, 0.3) is 0 Å². The maximum atomic E-state index is 12.6. The van der Waals surface area contributed by atoms with Crippen molar-refractivity contribution in [3.63, 3.8) is 0 Å². The predicted octanol–water partition coefficient (Wildman–Crippen LogP) is 10.8. The Morgan fingerprint density at radius 2 is 0.919 bits per heavy atom. The topological polar surface area (TPSA) is 0 Å². The Kier molecular flexibility index (Phi) is 15.6. The Balaban J connectivity index is 0.000000468. The second-order valence-corrected chi connectivity index (χ2v) is 9.71. The zero-order valence-electron chi connectivity index (χ0n) is 24.2. The molecule has 0 bridgehead atoms. The van der Waals surface area contributed by atoms with Crippen molar-refractivity contribution in [3.05, 3.63) is 141 Å². The van der Waals surface area contributed by atoms with E-state index in [2.05, 4.69) is 77.6 Å². The molecule has 0 saturated carbocycles. The minimum Gasteiger partial charge on any atom is -0.207 e. The van der Waals surface area contributed by atoms with E-state index in [4.69, 9.17) is 0 Å². The molecule has 0 unspecified atom stereocenters. The molecule has 3 rings (SSSR count). The highest BCUT2D eigenvalue weighted by molar-refractivity contribution is 5.27. The van der Waals surface area contributed by atoms with Crippen molar-refractivity contribution in [3.8, 4) is 0 Å². The van der Waals surface area contributed by atoms with E-state index in [1.54, 1.807) is 13.0 Å². The van der Waals surface area contributed by atoms with Crippen LogP contribution >= 0.6 is 0 Å². The molecule has 0 nitrogen and oxygen atoms in total. The molecule has 0 N–H and O–H groups in total. The first-order chi connectivity index (χ1) is 17.1. The van der Waals surface area contributed by atoms with E-state index in [9.17, 15) is 13.2 Å². The van der Waals surface area contributed by atoms with E-state index in [1.165, 1.54) is 54.3 Å². The van der Waals surface area contributed by atoms with Gasteiger partial charge in [0, 0.05) is 0 Å². The van der Waals surface area contributed by atoms with Crippen LogP contribution in [0.1, 0.15) is 61.1 Å². The van der Waals surface area contributed by atoms with Crippen molar-refractivity contribution in [2.24, 2.45) is 0 Å². The van der Waals surface area contributed by atoms with E-state index in [0.29, 0.717) is 16.7 Å². The minimum absolute atomic E-state index is 0.116. The van der Waals surface area contributed by atoms with E-state index in [-0.39, 0.29) is 17.5 Å². The Morgan fingerprint density at radius 1 is 0.541 bits per heavy atom. The molecule has 3 aromatic carbocycles. The number of allylic oxidation sites excluding steroid dienone is 5. The van der Waals surface area contributed by atoms with E-state index in [1.807, 2.05) is 19.9 Å². The Bertz CT molecular complexity index is 1120. The quantitative estimate of drug-likeness (QED) is 0.302. The summed E-state index contributed by atoms with van der Waals surface area (Å²) in [5.74, 6) is -0.812. The lowest BCUT2D eigenvalue weighted by Crippen LogP contribution is -1.88. The van der Waals surface area contributed by atoms with Crippen LogP contribution in [0.15, 0.2) is 90.0 Å². The van der Waals surface area contributed by atoms with Crippen molar-refractivity contribution in [2.75, 3.05) is 0 Å². The normalized spacial score (nSPS) is 10.0. The summed E-state index contributed by atoms with van der Waals surface area (Å²) in [4.78, 5) is 0. The largest absolute Gasteiger partial charge is 0.207 e. The van der Waals surface area contributed by atoms with Crippen LogP contribution in [0.2, 0.25) is 0 Å². The molecule has 37 heavy (non-hydrogen) atoms. The molecule has 0 atom stereocenters. The number of rotatable bonds is 2. The highest BCUT2D eigenvalue weighted by Gasteiger charge is 2.01. The van der Waals surface area contributed by atoms with Crippen molar-refractivity contribution in [1.82, 2.24) is 0 Å². The molecule has 0 aliphatic rings. The lowest BCUT2D eigenvalue weighted by molar-refractivity contribution is 0.585. The fourth-order valence-corrected chi connectivity index (χ4v) is 2.97. The van der Waals surface area contributed by atoms with Gasteiger partial charge in [0.1, 0.15) is 17.5 Å². The number of aryl methyl sites for hydroxylation is 6. The van der Waals surface area contributed by atoms with Gasteiger partial charge >= 0.3 is 0 Å². The van der Waals surface area contributed by atoms with Crippen molar-refractivity contribution < 1.29 is 13.2 Å². The zero-order valence-corrected chi connectivity index (χ0v) is 24.2. The van der Waals surface area contributed by atoms with Gasteiger partial charge in [-0.15, -0.1) is 0 Å². The van der Waals surface area contributed by atoms with E-state index < -0.39 is 0 Å². The summed E-state index contributed by atoms with van der Waals surface area (Å²) in [6.45, 7) is 23.0. The zero-order chi connectivity index (χ0) is 28.7. The lowest BCUT2D eigenvalue weighted by Gasteiger charge is -1.98. The van der Waals surface area contributed by atoms with Crippen LogP contribution in [0, 0.1) is 59.0 Å². The molecule has 0 fully saturated rings. The summed E-state index contributed by atoms with van der Waals surface area (Å²) >= 11 is 0. The molecule has 0 heterocycles. The molecular formula is C34H43F3. The van der Waals surface area contributed by atoms with Gasteiger partial charge in [0.15, 0.2) is 0 Å². The van der Waals surface area contributed by atoms with Crippen LogP contribution in [0.3, 0.4) is 0 Å². The first-order valence-electron chi connectivity index (χ1n) is 12.3. The standard InChI is InChI=1S/C10H16.C8H8F2.C8H9F.C8H10/c1-8(2)6-10(5)7-9(3)4;1-5-3-8(10)6(2)4-7(5)9;1-6-3-4-7(2)8(9)5-6;1-7-3-5-8(2)6-4-7/h6-7H,1H2,2-5H3;3-4H,1-2H3;3-5H,1-2H3;3-6H,1-2H3/b10-6-;;;. The molecule has 0 amide bonds. The van der Waals surface area contributed by atoms with Crippen molar-refractivity contribution in [2.45, 2.75) is 69.2 Å². The third-order valence-electron chi connectivity index (χ3n) is 4.98. The summed E-state index contributed by atoms with van der Waals surface area (Å²) in [5, 5.41) is 0. The third-order valence-corrected chi connectivity index (χ3v) is 4.98. The Labute approximate surface area is 223 Å². The third kappa shape index (κ3) is 16.1. The van der Waals surface area contributed by atoms with Gasteiger partial charge in [-0.2, -0.15) is 0 Å². The van der Waals surface area contributed by atoms with Crippen LogP contribution in [-0.2, 0) is 0 Å². The Hall–Kier alpha value is -3.33. The first-order valence-corrected chi connectivity index (χ1v) is 12.3. The van der Waals surface area contributed by atoms with Crippen LogP contribution in [0.5, 0.6) is 0 Å². The van der Waals surface area contributed by atoms with Gasteiger partial charge in [-0.1, -0.05) is 83.0 Å². The second kappa shape index (κ2) is 17.2. The van der Waals surface area contributed by atoms with E-state index in [0.717, 1.165) is 11.1 Å². The highest BCUT2D eigenvalue weighted by atomic mass is 19.1. The first kappa shape index (κ1) is 33.7. The molecule has 0 saturated heterocycles. The fourth-order valence-electron chi connectivity index (χ4n) is 2.97. The summed E-state index contributed by atoms with van der Waals surface area (Å²) in [5.41, 5.74) is 8.74. The van der Waals surface area contributed by atoms with Gasteiger partial charge in [0.05, 0.1) is 0 Å². The van der Waals surface area contributed by atoms with Crippen LogP contribution in [0.4, 0.5) is 13.2 Å². The number of hydrogen-bond acceptors (Lipinski definition) is 0. The molecule has 3 heteroatoms. The monoisotopic (exact) mass is 508 g/mol. The van der Waals surface area contributed by atoms with Gasteiger partial charge in [0.25, 0.3) is 0 Å². The van der Waals surface area contributed by atoms with E-state index >= 15 is 0 Å². The molecule has 0 radical (unpaired) electrons. The molecule has 0 aliphatic heterocycles. The average molecular weight is 509 g/mol. The maximum Gasteiger partial charge on any atom is 0.126 e. The SMILES string of the molecule is C=C(C)/C=C(/C)C=C(C)C.Cc1cc(F)c(C)cc1F.Cc1ccc(C)c(F)c1.Cc1ccc(C)cc1. The number of hydrogen-bond donors (Lipinski definition) is 0. The summed E-state index contributed by atoms with van der Waals surface area (Å²) in [6, 6.07) is 16.1. The second-order valence-electron chi connectivity index (χ2n) is 9.71. The molecule has 0 aromatic heterocycles. The van der Waals surface area contributed by atoms with Gasteiger partial charge in [-0.25, -0.2) is 13.2 Å². The lowest BCUT2D eigenvalue weighted by atomic mass is 10.1. The predicted molar refractivity (Wildman–Crippen MR) is 156 cm³/mol. The molecular weight excluding hydrogens is 465 g/mol. The van der Waals surface area contributed by atoms with Crippen molar-refractivity contribution >= 4 is 0 Å². The van der Waals surface area contributed by atoms with Gasteiger partial charge < -0.3 is 0 Å². The molecule has 0 spiro atoms. The smallest absolute Gasteiger partial charge is 0.126 e. The van der Waals surface area contributed by atoms with Gasteiger partial charge in [-0.05, 0) is 110 Å². The minimum atomic E-state index is -0.348. The molecule has 200 valence electrons. The number of benzene rings is 3. The fraction of sp³-hybridized carbons (Fsp3) is 0.294. The van der Waals surface area contributed by atoms with Crippen LogP contribution in [-0.4, -0.2) is 0 Å². The highest BCUT2D eigenvalue weighted by Crippen LogP contribution is 2.12. The maximum absolute atomic E-state index is 12.6. The summed E-state index contributed by atoms with van der Waals surface area (Å²) in [7, 11) is 0. The van der Waals surface area contributed by atoms with Crippen LogP contribution < -0.4 is 0 Å².